The first-order chi connectivity index (χ1) is 8.45. The average Bonchev–Trinajstić information content (AvgIpc) is 2.28. The Kier molecular flexibility index (Phi) is 3.75. The minimum absolute atomic E-state index is 0.115. The van der Waals surface area contributed by atoms with Gasteiger partial charge >= 0.3 is 6.18 Å². The van der Waals surface area contributed by atoms with E-state index in [1.165, 1.54) is 6.07 Å². The number of nitrogens with one attached hydrogen (secondary N) is 1. The average molecular weight is 260 g/mol. The maximum absolute atomic E-state index is 12.5. The number of halogens is 3. The predicted octanol–water partition coefficient (Wildman–Crippen LogP) is 3.08. The fourth-order valence-electron chi connectivity index (χ4n) is 2.01. The van der Waals surface area contributed by atoms with Gasteiger partial charge in [0, 0.05) is 12.6 Å². The van der Waals surface area contributed by atoms with Crippen LogP contribution in [0.5, 0.6) is 0 Å². The van der Waals surface area contributed by atoms with E-state index in [0.29, 0.717) is 6.61 Å². The smallest absolute Gasteiger partial charge is 0.378 e. The van der Waals surface area contributed by atoms with Crippen LogP contribution in [-0.4, -0.2) is 23.7 Å². The van der Waals surface area contributed by atoms with Crippen LogP contribution in [0.2, 0.25) is 0 Å². The number of alkyl halides is 3. The highest BCUT2D eigenvalue weighted by atomic mass is 19.4. The Balaban J connectivity index is 2.05. The van der Waals surface area contributed by atoms with Gasteiger partial charge in [-0.05, 0) is 31.9 Å². The van der Waals surface area contributed by atoms with Gasteiger partial charge in [-0.15, -0.1) is 0 Å². The Hall–Kier alpha value is -1.30. The molecule has 1 aliphatic rings. The summed E-state index contributed by atoms with van der Waals surface area (Å²) in [6.45, 7) is 2.57. The van der Waals surface area contributed by atoms with Crippen LogP contribution in [0.25, 0.3) is 0 Å². The number of nitrogens with zero attached hydrogens (tertiary/aromatic N) is 1. The summed E-state index contributed by atoms with van der Waals surface area (Å²) >= 11 is 0. The molecule has 2 rings (SSSR count). The third kappa shape index (κ3) is 3.35. The molecular formula is C12H15F3N2O. The number of aromatic nitrogens is 1. The zero-order chi connectivity index (χ0) is 13.2. The summed E-state index contributed by atoms with van der Waals surface area (Å²) in [4.78, 5) is 3.59. The summed E-state index contributed by atoms with van der Waals surface area (Å²) in [5.41, 5.74) is -0.868. The van der Waals surface area contributed by atoms with Crippen molar-refractivity contribution in [2.45, 2.75) is 38.1 Å². The summed E-state index contributed by atoms with van der Waals surface area (Å²) in [7, 11) is 0. The van der Waals surface area contributed by atoms with Crippen molar-refractivity contribution >= 4 is 5.82 Å². The van der Waals surface area contributed by atoms with Gasteiger partial charge in [-0.3, -0.25) is 0 Å². The van der Waals surface area contributed by atoms with E-state index < -0.39 is 11.9 Å². The van der Waals surface area contributed by atoms with E-state index in [9.17, 15) is 13.2 Å². The quantitative estimate of drug-likeness (QED) is 0.887. The highest BCUT2D eigenvalue weighted by Crippen LogP contribution is 2.28. The Morgan fingerprint density at radius 2 is 2.17 bits per heavy atom. The van der Waals surface area contributed by atoms with Gasteiger partial charge in [0.1, 0.15) is 11.5 Å². The van der Waals surface area contributed by atoms with Crippen molar-refractivity contribution in [1.29, 1.82) is 0 Å². The lowest BCUT2D eigenvalue weighted by molar-refractivity contribution is -0.141. The maximum atomic E-state index is 12.5. The number of hydrogen-bond donors (Lipinski definition) is 1. The van der Waals surface area contributed by atoms with Crippen molar-refractivity contribution in [3.63, 3.8) is 0 Å². The minimum Gasteiger partial charge on any atom is -0.378 e. The number of hydrogen-bond acceptors (Lipinski definition) is 3. The van der Waals surface area contributed by atoms with E-state index in [-0.39, 0.29) is 18.0 Å². The third-order valence-corrected chi connectivity index (χ3v) is 2.88. The summed E-state index contributed by atoms with van der Waals surface area (Å²) in [6.07, 6.45) is -2.72. The van der Waals surface area contributed by atoms with Gasteiger partial charge in [0.2, 0.25) is 0 Å². The molecular weight excluding hydrogens is 245 g/mol. The highest BCUT2D eigenvalue weighted by molar-refractivity contribution is 5.37. The van der Waals surface area contributed by atoms with Crippen LogP contribution in [0.4, 0.5) is 19.0 Å². The van der Waals surface area contributed by atoms with E-state index in [1.807, 2.05) is 6.92 Å². The molecule has 2 unspecified atom stereocenters. The second kappa shape index (κ2) is 5.14. The van der Waals surface area contributed by atoms with Gasteiger partial charge in [0.05, 0.1) is 6.10 Å². The molecule has 1 aromatic rings. The largest absolute Gasteiger partial charge is 0.433 e. The fraction of sp³-hybridized carbons (Fsp3) is 0.583. The third-order valence-electron chi connectivity index (χ3n) is 2.88. The SMILES string of the molecule is CC1CC(Nc2cccc(C(F)(F)F)n2)CCO1. The Morgan fingerprint density at radius 1 is 1.39 bits per heavy atom. The van der Waals surface area contributed by atoms with Crippen LogP contribution in [0.1, 0.15) is 25.5 Å². The number of rotatable bonds is 2. The normalized spacial score (nSPS) is 24.9. The topological polar surface area (TPSA) is 34.2 Å². The molecule has 3 nitrogen and oxygen atoms in total. The zero-order valence-corrected chi connectivity index (χ0v) is 10.00. The molecule has 0 aliphatic carbocycles. The van der Waals surface area contributed by atoms with Crippen molar-refractivity contribution < 1.29 is 17.9 Å². The molecule has 0 aromatic carbocycles. The van der Waals surface area contributed by atoms with Gasteiger partial charge in [0.25, 0.3) is 0 Å². The lowest BCUT2D eigenvalue weighted by Crippen LogP contribution is -2.32. The summed E-state index contributed by atoms with van der Waals surface area (Å²) in [5.74, 6) is 0.268. The van der Waals surface area contributed by atoms with Crippen LogP contribution in [0, 0.1) is 0 Å². The molecule has 0 radical (unpaired) electrons. The molecule has 6 heteroatoms. The predicted molar refractivity (Wildman–Crippen MR) is 61.3 cm³/mol. The lowest BCUT2D eigenvalue weighted by atomic mass is 10.0. The fourth-order valence-corrected chi connectivity index (χ4v) is 2.01. The second-order valence-corrected chi connectivity index (χ2v) is 4.45. The van der Waals surface area contributed by atoms with Crippen molar-refractivity contribution in [3.8, 4) is 0 Å². The first-order valence-electron chi connectivity index (χ1n) is 5.87. The maximum Gasteiger partial charge on any atom is 0.433 e. The molecule has 0 saturated carbocycles. The standard InChI is InChI=1S/C12H15F3N2O/c1-8-7-9(5-6-18-8)16-11-4-2-3-10(17-11)12(13,14)15/h2-4,8-9H,5-7H2,1H3,(H,16,17). The first-order valence-corrected chi connectivity index (χ1v) is 5.87. The molecule has 2 heterocycles. The summed E-state index contributed by atoms with van der Waals surface area (Å²) in [5, 5.41) is 3.03. The van der Waals surface area contributed by atoms with Gasteiger partial charge in [-0.1, -0.05) is 6.07 Å². The molecule has 0 amide bonds. The van der Waals surface area contributed by atoms with Crippen LogP contribution in [-0.2, 0) is 10.9 Å². The van der Waals surface area contributed by atoms with Crippen molar-refractivity contribution in [2.24, 2.45) is 0 Å². The van der Waals surface area contributed by atoms with Gasteiger partial charge in [0.15, 0.2) is 0 Å². The van der Waals surface area contributed by atoms with Crippen LogP contribution in [0.15, 0.2) is 18.2 Å². The van der Waals surface area contributed by atoms with E-state index in [2.05, 4.69) is 10.3 Å². The van der Waals surface area contributed by atoms with E-state index >= 15 is 0 Å². The van der Waals surface area contributed by atoms with Crippen LogP contribution in [0.3, 0.4) is 0 Å². The number of anilines is 1. The van der Waals surface area contributed by atoms with Crippen molar-refractivity contribution in [3.05, 3.63) is 23.9 Å². The minimum atomic E-state index is -4.40. The summed E-state index contributed by atoms with van der Waals surface area (Å²) < 4.78 is 42.9. The Labute approximate surface area is 103 Å². The zero-order valence-electron chi connectivity index (χ0n) is 10.00. The lowest BCUT2D eigenvalue weighted by Gasteiger charge is -2.28. The van der Waals surface area contributed by atoms with E-state index in [1.54, 1.807) is 6.07 Å². The van der Waals surface area contributed by atoms with Gasteiger partial charge in [-0.25, -0.2) is 4.98 Å². The molecule has 1 saturated heterocycles. The van der Waals surface area contributed by atoms with Crippen LogP contribution >= 0.6 is 0 Å². The molecule has 0 spiro atoms. The number of ether oxygens (including phenoxy) is 1. The van der Waals surface area contributed by atoms with Crippen molar-refractivity contribution in [2.75, 3.05) is 11.9 Å². The van der Waals surface area contributed by atoms with Gasteiger partial charge < -0.3 is 10.1 Å². The number of pyridine rings is 1. The van der Waals surface area contributed by atoms with E-state index in [0.717, 1.165) is 18.9 Å². The molecule has 0 bridgehead atoms. The highest BCUT2D eigenvalue weighted by Gasteiger charge is 2.32. The molecule has 1 aromatic heterocycles. The molecule has 2 atom stereocenters. The first kappa shape index (κ1) is 13.1. The monoisotopic (exact) mass is 260 g/mol. The molecule has 1 aliphatic heterocycles. The molecule has 100 valence electrons. The Bertz CT molecular complexity index is 409. The van der Waals surface area contributed by atoms with E-state index in [4.69, 9.17) is 4.74 Å². The second-order valence-electron chi connectivity index (χ2n) is 4.45. The molecule has 1 fully saturated rings. The molecule has 1 N–H and O–H groups in total. The summed E-state index contributed by atoms with van der Waals surface area (Å²) in [6, 6.07) is 4.00. The van der Waals surface area contributed by atoms with Crippen LogP contribution < -0.4 is 5.32 Å². The van der Waals surface area contributed by atoms with Crippen molar-refractivity contribution in [1.82, 2.24) is 4.98 Å². The Morgan fingerprint density at radius 3 is 2.83 bits per heavy atom. The van der Waals surface area contributed by atoms with Gasteiger partial charge in [-0.2, -0.15) is 13.2 Å². The molecule has 18 heavy (non-hydrogen) atoms.